The molecular weight excluding hydrogens is 156 g/mol. The van der Waals surface area contributed by atoms with Crippen LogP contribution in [0.25, 0.3) is 0 Å². The maximum atomic E-state index is 4.03. The van der Waals surface area contributed by atoms with Crippen LogP contribution in [0.4, 0.5) is 0 Å². The molecule has 2 nitrogen and oxygen atoms in total. The summed E-state index contributed by atoms with van der Waals surface area (Å²) in [6.45, 7) is 7.97. The first-order valence-electron chi connectivity index (χ1n) is 3.71. The van der Waals surface area contributed by atoms with Crippen LogP contribution in [0.3, 0.4) is 0 Å². The molecule has 0 saturated heterocycles. The Balaban J connectivity index is 0.000000461. The van der Waals surface area contributed by atoms with Gasteiger partial charge in [0, 0.05) is 11.9 Å². The van der Waals surface area contributed by atoms with Gasteiger partial charge in [-0.15, -0.1) is 0 Å². The van der Waals surface area contributed by atoms with E-state index in [0.717, 1.165) is 11.3 Å². The van der Waals surface area contributed by atoms with Crippen molar-refractivity contribution in [3.63, 3.8) is 0 Å². The summed E-state index contributed by atoms with van der Waals surface area (Å²) >= 11 is 1.23. The van der Waals surface area contributed by atoms with Gasteiger partial charge in [-0.2, -0.15) is 4.40 Å². The summed E-state index contributed by atoms with van der Waals surface area (Å²) in [7, 11) is 0. The molecule has 11 heavy (non-hydrogen) atoms. The van der Waals surface area contributed by atoms with E-state index in [4.69, 9.17) is 0 Å². The maximum Gasteiger partial charge on any atom is 0.115 e. The Kier molecular flexibility index (Phi) is 5.84. The molecule has 0 bridgehead atoms. The molecule has 0 atom stereocenters. The Morgan fingerprint density at radius 1 is 1.27 bits per heavy atom. The van der Waals surface area contributed by atoms with Gasteiger partial charge < -0.3 is 0 Å². The molecule has 1 heterocycles. The molecule has 3 heteroatoms. The van der Waals surface area contributed by atoms with Crippen LogP contribution in [0, 0.1) is 0 Å². The van der Waals surface area contributed by atoms with Gasteiger partial charge in [0.25, 0.3) is 0 Å². The summed E-state index contributed by atoms with van der Waals surface area (Å²) in [4.78, 5) is 0. The van der Waals surface area contributed by atoms with E-state index in [0.29, 0.717) is 0 Å². The van der Waals surface area contributed by atoms with E-state index in [1.807, 2.05) is 40.0 Å². The molecule has 0 aliphatic carbocycles. The van der Waals surface area contributed by atoms with Crippen LogP contribution in [0.2, 0.25) is 0 Å². The Morgan fingerprint density at radius 2 is 1.91 bits per heavy atom. The average molecular weight is 170 g/mol. The molecule has 0 fully saturated rings. The fourth-order valence-corrected chi connectivity index (χ4v) is 1.03. The first-order valence-corrected chi connectivity index (χ1v) is 4.44. The van der Waals surface area contributed by atoms with E-state index in [-0.39, 0.29) is 0 Å². The van der Waals surface area contributed by atoms with Gasteiger partial charge in [0.2, 0.25) is 0 Å². The quantitative estimate of drug-likeness (QED) is 0.513. The molecule has 0 unspecified atom stereocenters. The summed E-state index contributed by atoms with van der Waals surface area (Å²) in [6, 6.07) is 0. The number of hydrogen-bond donors (Lipinski definition) is 0. The van der Waals surface area contributed by atoms with Gasteiger partial charge in [0.05, 0.1) is 0 Å². The van der Waals surface area contributed by atoms with Crippen molar-refractivity contribution in [1.82, 2.24) is 0 Å². The molecule has 1 aliphatic rings. The third kappa shape index (κ3) is 4.79. The van der Waals surface area contributed by atoms with Gasteiger partial charge in [-0.25, -0.2) is 4.40 Å². The molecular formula is C8H14N2S. The number of nitrogens with zero attached hydrogens (tertiary/aromatic N) is 2. The van der Waals surface area contributed by atoms with Crippen molar-refractivity contribution in [1.29, 1.82) is 0 Å². The van der Waals surface area contributed by atoms with E-state index in [1.165, 1.54) is 12.1 Å². The van der Waals surface area contributed by atoms with E-state index in [2.05, 4.69) is 8.80 Å². The van der Waals surface area contributed by atoms with Gasteiger partial charge in [-0.1, -0.05) is 13.8 Å². The topological polar surface area (TPSA) is 24.7 Å². The molecule has 1 aliphatic heterocycles. The first kappa shape index (κ1) is 10.4. The Morgan fingerprint density at radius 3 is 2.55 bits per heavy atom. The van der Waals surface area contributed by atoms with Crippen LogP contribution >= 0.6 is 12.1 Å². The van der Waals surface area contributed by atoms with Crippen molar-refractivity contribution in [3.05, 3.63) is 11.6 Å². The molecule has 0 radical (unpaired) electrons. The molecule has 0 aromatic carbocycles. The highest BCUT2D eigenvalue weighted by molar-refractivity contribution is 7.97. The summed E-state index contributed by atoms with van der Waals surface area (Å²) in [6.07, 6.45) is 3.81. The second-order valence-corrected chi connectivity index (χ2v) is 2.49. The molecule has 0 N–H and O–H groups in total. The normalized spacial score (nSPS) is 15.6. The van der Waals surface area contributed by atoms with Crippen LogP contribution in [0.5, 0.6) is 0 Å². The van der Waals surface area contributed by atoms with Crippen LogP contribution in [-0.2, 0) is 0 Å². The summed E-state index contributed by atoms with van der Waals surface area (Å²) in [5, 5.41) is 0. The van der Waals surface area contributed by atoms with Crippen LogP contribution in [-0.4, -0.2) is 11.9 Å². The van der Waals surface area contributed by atoms with Gasteiger partial charge >= 0.3 is 0 Å². The average Bonchev–Trinajstić information content (AvgIpc) is 2.18. The van der Waals surface area contributed by atoms with Crippen molar-refractivity contribution in [2.24, 2.45) is 8.80 Å². The fourth-order valence-electron chi connectivity index (χ4n) is 0.588. The predicted octanol–water partition coefficient (Wildman–Crippen LogP) is 3.07. The Hall–Kier alpha value is -0.570. The van der Waals surface area contributed by atoms with Gasteiger partial charge in [-0.3, -0.25) is 0 Å². The van der Waals surface area contributed by atoms with Crippen molar-refractivity contribution in [2.45, 2.75) is 27.7 Å². The lowest BCUT2D eigenvalue weighted by molar-refractivity contribution is 1.50. The lowest BCUT2D eigenvalue weighted by atomic mass is 10.2. The van der Waals surface area contributed by atoms with Crippen molar-refractivity contribution < 1.29 is 0 Å². The van der Waals surface area contributed by atoms with Crippen molar-refractivity contribution in [2.75, 3.05) is 0 Å². The summed E-state index contributed by atoms with van der Waals surface area (Å²) in [5.74, 6) is 0. The standard InChI is InChI=1S/C6H8N2S.C2H6/c1-5-3-6(2)8-9-7-4-5;1-2/h3-4H,1-2H3;1-2H3. The Bertz CT molecular complexity index is 192. The zero-order valence-electron chi connectivity index (χ0n) is 7.46. The predicted molar refractivity (Wildman–Crippen MR) is 54.3 cm³/mol. The minimum atomic E-state index is 1.02. The fraction of sp³-hybridized carbons (Fsp3) is 0.500. The third-order valence-corrected chi connectivity index (χ3v) is 1.49. The zero-order chi connectivity index (χ0) is 8.69. The third-order valence-electron chi connectivity index (χ3n) is 0.925. The molecule has 0 aromatic heterocycles. The van der Waals surface area contributed by atoms with Crippen LogP contribution in [0.15, 0.2) is 20.4 Å². The van der Waals surface area contributed by atoms with E-state index in [1.54, 1.807) is 0 Å². The first-order chi connectivity index (χ1) is 5.29. The highest BCUT2D eigenvalue weighted by Crippen LogP contribution is 2.08. The highest BCUT2D eigenvalue weighted by atomic mass is 32.2. The number of rotatable bonds is 0. The molecule has 62 valence electrons. The summed E-state index contributed by atoms with van der Waals surface area (Å²) in [5.41, 5.74) is 2.18. The lowest BCUT2D eigenvalue weighted by Crippen LogP contribution is -1.83. The van der Waals surface area contributed by atoms with E-state index in [9.17, 15) is 0 Å². The van der Waals surface area contributed by atoms with Gasteiger partial charge in [0.1, 0.15) is 12.1 Å². The van der Waals surface area contributed by atoms with Crippen molar-refractivity contribution >= 4 is 24.1 Å². The smallest absolute Gasteiger partial charge is 0.115 e. The summed E-state index contributed by atoms with van der Waals surface area (Å²) < 4.78 is 7.97. The molecule has 0 aromatic rings. The Labute approximate surface area is 72.8 Å². The zero-order valence-corrected chi connectivity index (χ0v) is 8.27. The van der Waals surface area contributed by atoms with E-state index < -0.39 is 0 Å². The largest absolute Gasteiger partial charge is 0.201 e. The minimum Gasteiger partial charge on any atom is -0.201 e. The second kappa shape index (κ2) is 6.16. The second-order valence-electron chi connectivity index (χ2n) is 1.94. The van der Waals surface area contributed by atoms with Crippen molar-refractivity contribution in [3.8, 4) is 0 Å². The van der Waals surface area contributed by atoms with Crippen LogP contribution in [0.1, 0.15) is 27.7 Å². The minimum absolute atomic E-state index is 1.02. The van der Waals surface area contributed by atoms with E-state index >= 15 is 0 Å². The highest BCUT2D eigenvalue weighted by Gasteiger charge is 1.91. The molecule has 0 amide bonds. The van der Waals surface area contributed by atoms with Gasteiger partial charge in [0.15, 0.2) is 0 Å². The molecule has 0 saturated carbocycles. The maximum absolute atomic E-state index is 4.03. The molecule has 0 spiro atoms. The monoisotopic (exact) mass is 170 g/mol. The number of allylic oxidation sites excluding steroid dienone is 2. The van der Waals surface area contributed by atoms with Gasteiger partial charge in [-0.05, 0) is 25.5 Å². The number of hydrogen-bond acceptors (Lipinski definition) is 3. The SMILES string of the molecule is CC.CC1=CC(C)=NSN=C1. The van der Waals surface area contributed by atoms with Crippen LogP contribution < -0.4 is 0 Å². The molecule has 1 rings (SSSR count). The lowest BCUT2D eigenvalue weighted by Gasteiger charge is -1.84.